The fraction of sp³-hybridized carbons (Fsp3) is 0.333. The standard InChI is InChI=1S/C12H13BrN2O/c1-7-4-10-11(5-9(7)6-13)14-8(2)15(3)12(10)16/h4-5H,6H2,1-3H3. The van der Waals surface area contributed by atoms with Gasteiger partial charge >= 0.3 is 0 Å². The van der Waals surface area contributed by atoms with Crippen molar-refractivity contribution in [2.75, 3.05) is 0 Å². The zero-order chi connectivity index (χ0) is 11.9. The molecule has 0 spiro atoms. The molecule has 3 nitrogen and oxygen atoms in total. The molecule has 1 heterocycles. The lowest BCUT2D eigenvalue weighted by Gasteiger charge is -2.08. The smallest absolute Gasteiger partial charge is 0.261 e. The maximum Gasteiger partial charge on any atom is 0.261 e. The van der Waals surface area contributed by atoms with Gasteiger partial charge < -0.3 is 0 Å². The molecule has 0 aliphatic heterocycles. The van der Waals surface area contributed by atoms with Crippen molar-refractivity contribution in [3.05, 3.63) is 39.4 Å². The number of aryl methyl sites for hydroxylation is 2. The zero-order valence-electron chi connectivity index (χ0n) is 9.54. The topological polar surface area (TPSA) is 34.9 Å². The van der Waals surface area contributed by atoms with Gasteiger partial charge in [-0.3, -0.25) is 9.36 Å². The summed E-state index contributed by atoms with van der Waals surface area (Å²) in [5.41, 5.74) is 3.09. The van der Waals surface area contributed by atoms with Crippen LogP contribution in [0.4, 0.5) is 0 Å². The highest BCUT2D eigenvalue weighted by Crippen LogP contribution is 2.18. The van der Waals surface area contributed by atoms with E-state index >= 15 is 0 Å². The summed E-state index contributed by atoms with van der Waals surface area (Å²) < 4.78 is 1.58. The Morgan fingerprint density at radius 1 is 1.38 bits per heavy atom. The van der Waals surface area contributed by atoms with E-state index in [2.05, 4.69) is 20.9 Å². The van der Waals surface area contributed by atoms with E-state index in [0.29, 0.717) is 5.39 Å². The quantitative estimate of drug-likeness (QED) is 0.752. The molecule has 0 saturated carbocycles. The number of alkyl halides is 1. The van der Waals surface area contributed by atoms with E-state index in [1.807, 2.05) is 26.0 Å². The van der Waals surface area contributed by atoms with Gasteiger partial charge in [-0.1, -0.05) is 15.9 Å². The third-order valence-corrected chi connectivity index (χ3v) is 3.51. The Morgan fingerprint density at radius 3 is 2.69 bits per heavy atom. The monoisotopic (exact) mass is 280 g/mol. The van der Waals surface area contributed by atoms with Gasteiger partial charge in [0.1, 0.15) is 5.82 Å². The number of benzene rings is 1. The van der Waals surface area contributed by atoms with Crippen LogP contribution in [0.5, 0.6) is 0 Å². The van der Waals surface area contributed by atoms with E-state index in [-0.39, 0.29) is 5.56 Å². The summed E-state index contributed by atoms with van der Waals surface area (Å²) in [6, 6.07) is 3.90. The van der Waals surface area contributed by atoms with Crippen molar-refractivity contribution in [2.45, 2.75) is 19.2 Å². The maximum atomic E-state index is 12.0. The van der Waals surface area contributed by atoms with E-state index in [0.717, 1.165) is 22.2 Å². The Kier molecular flexibility index (Phi) is 2.84. The van der Waals surface area contributed by atoms with Gasteiger partial charge in [0.25, 0.3) is 5.56 Å². The van der Waals surface area contributed by atoms with Crippen LogP contribution in [-0.4, -0.2) is 9.55 Å². The van der Waals surface area contributed by atoms with Crippen LogP contribution < -0.4 is 5.56 Å². The van der Waals surface area contributed by atoms with Gasteiger partial charge in [-0.2, -0.15) is 0 Å². The van der Waals surface area contributed by atoms with Crippen molar-refractivity contribution in [1.29, 1.82) is 0 Å². The summed E-state index contributed by atoms with van der Waals surface area (Å²) >= 11 is 3.43. The third kappa shape index (κ3) is 1.67. The molecule has 84 valence electrons. The largest absolute Gasteiger partial charge is 0.299 e. The van der Waals surface area contributed by atoms with E-state index in [1.54, 1.807) is 11.6 Å². The minimum absolute atomic E-state index is 0.0201. The summed E-state index contributed by atoms with van der Waals surface area (Å²) in [5.74, 6) is 0.738. The van der Waals surface area contributed by atoms with E-state index in [9.17, 15) is 4.79 Å². The van der Waals surface area contributed by atoms with Crippen molar-refractivity contribution in [3.63, 3.8) is 0 Å². The molecule has 0 aliphatic rings. The third-order valence-electron chi connectivity index (χ3n) is 2.90. The molecule has 0 amide bonds. The fourth-order valence-electron chi connectivity index (χ4n) is 1.72. The van der Waals surface area contributed by atoms with Crippen molar-refractivity contribution in [1.82, 2.24) is 9.55 Å². The van der Waals surface area contributed by atoms with Gasteiger partial charge in [0.05, 0.1) is 10.9 Å². The number of fused-ring (bicyclic) bond motifs is 1. The molecule has 0 radical (unpaired) electrons. The molecule has 0 fully saturated rings. The number of nitrogens with zero attached hydrogens (tertiary/aromatic N) is 2. The van der Waals surface area contributed by atoms with Gasteiger partial charge in [-0.15, -0.1) is 0 Å². The molecular formula is C12H13BrN2O. The first-order valence-electron chi connectivity index (χ1n) is 5.07. The molecule has 0 unspecified atom stereocenters. The van der Waals surface area contributed by atoms with Gasteiger partial charge in [-0.05, 0) is 37.1 Å². The normalized spacial score (nSPS) is 11.0. The van der Waals surface area contributed by atoms with Gasteiger partial charge in [0, 0.05) is 12.4 Å². The molecule has 0 N–H and O–H groups in total. The van der Waals surface area contributed by atoms with Gasteiger partial charge in [0.2, 0.25) is 0 Å². The molecule has 4 heteroatoms. The average molecular weight is 281 g/mol. The summed E-state index contributed by atoms with van der Waals surface area (Å²) in [5, 5.41) is 1.47. The Balaban J connectivity index is 2.92. The first kappa shape index (κ1) is 11.3. The molecule has 0 saturated heterocycles. The molecular weight excluding hydrogens is 268 g/mol. The summed E-state index contributed by atoms with van der Waals surface area (Å²) in [7, 11) is 1.75. The fourth-order valence-corrected chi connectivity index (χ4v) is 2.33. The highest BCUT2D eigenvalue weighted by molar-refractivity contribution is 9.08. The number of halogens is 1. The molecule has 1 aromatic heterocycles. The van der Waals surface area contributed by atoms with E-state index < -0.39 is 0 Å². The van der Waals surface area contributed by atoms with Crippen LogP contribution in [0.3, 0.4) is 0 Å². The first-order valence-corrected chi connectivity index (χ1v) is 6.19. The highest BCUT2D eigenvalue weighted by atomic mass is 79.9. The van der Waals surface area contributed by atoms with Crippen LogP contribution in [0.1, 0.15) is 17.0 Å². The van der Waals surface area contributed by atoms with Crippen LogP contribution in [0, 0.1) is 13.8 Å². The van der Waals surface area contributed by atoms with Crippen molar-refractivity contribution < 1.29 is 0 Å². The van der Waals surface area contributed by atoms with Crippen molar-refractivity contribution >= 4 is 26.8 Å². The second-order valence-corrected chi connectivity index (χ2v) is 4.51. The summed E-state index contributed by atoms with van der Waals surface area (Å²) in [6.45, 7) is 3.85. The van der Waals surface area contributed by atoms with E-state index in [1.165, 1.54) is 5.56 Å². The number of hydrogen-bond acceptors (Lipinski definition) is 2. The maximum absolute atomic E-state index is 12.0. The predicted octanol–water partition coefficient (Wildman–Crippen LogP) is 2.45. The second kappa shape index (κ2) is 4.01. The number of hydrogen-bond donors (Lipinski definition) is 0. The number of rotatable bonds is 1. The van der Waals surface area contributed by atoms with Crippen LogP contribution in [0.15, 0.2) is 16.9 Å². The Bertz CT molecular complexity index is 616. The molecule has 0 aliphatic carbocycles. The van der Waals surface area contributed by atoms with Crippen LogP contribution in [0.25, 0.3) is 10.9 Å². The Labute approximate surface area is 102 Å². The number of aromatic nitrogens is 2. The summed E-state index contributed by atoms with van der Waals surface area (Å²) in [6.07, 6.45) is 0. The Morgan fingerprint density at radius 2 is 2.06 bits per heavy atom. The van der Waals surface area contributed by atoms with Crippen LogP contribution >= 0.6 is 15.9 Å². The second-order valence-electron chi connectivity index (χ2n) is 3.95. The van der Waals surface area contributed by atoms with Crippen LogP contribution in [0.2, 0.25) is 0 Å². The minimum atomic E-state index is 0.0201. The molecule has 16 heavy (non-hydrogen) atoms. The first-order chi connectivity index (χ1) is 7.54. The van der Waals surface area contributed by atoms with Crippen molar-refractivity contribution in [2.24, 2.45) is 7.05 Å². The SMILES string of the molecule is Cc1cc2c(=O)n(C)c(C)nc2cc1CBr. The van der Waals surface area contributed by atoms with E-state index in [4.69, 9.17) is 0 Å². The van der Waals surface area contributed by atoms with Gasteiger partial charge in [0.15, 0.2) is 0 Å². The lowest BCUT2D eigenvalue weighted by Crippen LogP contribution is -2.20. The molecule has 1 aromatic carbocycles. The summed E-state index contributed by atoms with van der Waals surface area (Å²) in [4.78, 5) is 16.4. The van der Waals surface area contributed by atoms with Crippen LogP contribution in [-0.2, 0) is 12.4 Å². The predicted molar refractivity (Wildman–Crippen MR) is 69.1 cm³/mol. The zero-order valence-corrected chi connectivity index (χ0v) is 11.1. The lowest BCUT2D eigenvalue weighted by molar-refractivity contribution is 0.792. The average Bonchev–Trinajstić information content (AvgIpc) is 2.27. The Hall–Kier alpha value is -1.16. The molecule has 2 rings (SSSR count). The molecule has 0 atom stereocenters. The van der Waals surface area contributed by atoms with Crippen molar-refractivity contribution in [3.8, 4) is 0 Å². The lowest BCUT2D eigenvalue weighted by atomic mass is 10.1. The molecule has 0 bridgehead atoms. The minimum Gasteiger partial charge on any atom is -0.299 e. The van der Waals surface area contributed by atoms with Gasteiger partial charge in [-0.25, -0.2) is 4.98 Å². The highest BCUT2D eigenvalue weighted by Gasteiger charge is 2.07. The molecule has 2 aromatic rings.